The van der Waals surface area contributed by atoms with Crippen molar-refractivity contribution in [1.82, 2.24) is 5.32 Å². The minimum Gasteiger partial charge on any atom is -0.349 e. The predicted octanol–water partition coefficient (Wildman–Crippen LogP) is 4.34. The Kier molecular flexibility index (Phi) is 6.20. The van der Waals surface area contributed by atoms with Gasteiger partial charge in [-0.1, -0.05) is 44.5 Å². The zero-order valence-corrected chi connectivity index (χ0v) is 12.1. The normalized spacial score (nSPS) is 12.5. The van der Waals surface area contributed by atoms with Crippen molar-refractivity contribution in [1.29, 1.82) is 0 Å². The highest BCUT2D eigenvalue weighted by Crippen LogP contribution is 2.20. The van der Waals surface area contributed by atoms with Gasteiger partial charge in [0, 0.05) is 10.9 Å². The number of hydrogen-bond donors (Lipinski definition) is 1. The molecule has 0 saturated carbocycles. The van der Waals surface area contributed by atoms with Gasteiger partial charge in [-0.05, 0) is 37.0 Å². The first kappa shape index (κ1) is 15.0. The fourth-order valence-electron chi connectivity index (χ4n) is 2.07. The number of benzene rings is 1. The summed E-state index contributed by atoms with van der Waals surface area (Å²) in [4.78, 5) is 12.1. The van der Waals surface area contributed by atoms with Crippen LogP contribution in [0.1, 0.15) is 51.6 Å². The van der Waals surface area contributed by atoms with Crippen molar-refractivity contribution in [2.75, 3.05) is 0 Å². The highest BCUT2D eigenvalue weighted by atomic mass is 35.5. The minimum absolute atomic E-state index is 0.0790. The Morgan fingerprint density at radius 3 is 2.11 bits per heavy atom. The molecule has 100 valence electrons. The van der Waals surface area contributed by atoms with E-state index < -0.39 is 0 Å². The molecule has 1 aromatic rings. The van der Waals surface area contributed by atoms with E-state index in [0.717, 1.165) is 29.8 Å². The molecule has 0 aromatic heterocycles. The quantitative estimate of drug-likeness (QED) is 0.816. The molecule has 1 aromatic carbocycles. The highest BCUT2D eigenvalue weighted by Gasteiger charge is 2.18. The maximum atomic E-state index is 12.1. The summed E-state index contributed by atoms with van der Waals surface area (Å²) in [6.45, 7) is 6.18. The molecule has 3 heteroatoms. The van der Waals surface area contributed by atoms with Crippen LogP contribution in [-0.4, -0.2) is 5.91 Å². The third-order valence-corrected chi connectivity index (χ3v) is 3.61. The maximum absolute atomic E-state index is 12.1. The lowest BCUT2D eigenvalue weighted by molar-refractivity contribution is -0.126. The molecule has 0 spiro atoms. The van der Waals surface area contributed by atoms with Crippen LogP contribution in [0.5, 0.6) is 0 Å². The molecule has 0 aliphatic rings. The lowest BCUT2D eigenvalue weighted by Gasteiger charge is -2.21. The van der Waals surface area contributed by atoms with E-state index in [4.69, 9.17) is 11.6 Å². The summed E-state index contributed by atoms with van der Waals surface area (Å²) in [5.74, 6) is 0.271. The first-order valence-corrected chi connectivity index (χ1v) is 7.05. The Labute approximate surface area is 115 Å². The first-order chi connectivity index (χ1) is 8.62. The summed E-state index contributed by atoms with van der Waals surface area (Å²) in [5.41, 5.74) is 1.11. The Morgan fingerprint density at radius 1 is 1.11 bits per heavy atom. The SMILES string of the molecule is CCC(CC)C(=O)NC(CC)c1ccc(Cl)cc1. The molecule has 1 atom stereocenters. The van der Waals surface area contributed by atoms with E-state index in [1.165, 1.54) is 0 Å². The van der Waals surface area contributed by atoms with E-state index in [0.29, 0.717) is 0 Å². The number of carbonyl (C=O) groups excluding carboxylic acids is 1. The molecule has 18 heavy (non-hydrogen) atoms. The van der Waals surface area contributed by atoms with Crippen LogP contribution < -0.4 is 5.32 Å². The topological polar surface area (TPSA) is 29.1 Å². The van der Waals surface area contributed by atoms with E-state index in [2.05, 4.69) is 26.1 Å². The van der Waals surface area contributed by atoms with Gasteiger partial charge in [-0.2, -0.15) is 0 Å². The van der Waals surface area contributed by atoms with E-state index in [1.807, 2.05) is 24.3 Å². The van der Waals surface area contributed by atoms with Gasteiger partial charge in [0.25, 0.3) is 0 Å². The summed E-state index contributed by atoms with van der Waals surface area (Å²) in [5, 5.41) is 3.84. The highest BCUT2D eigenvalue weighted by molar-refractivity contribution is 6.30. The Bertz CT molecular complexity index is 371. The monoisotopic (exact) mass is 267 g/mol. The van der Waals surface area contributed by atoms with Crippen LogP contribution in [0.25, 0.3) is 0 Å². The second-order valence-electron chi connectivity index (χ2n) is 4.53. The number of hydrogen-bond acceptors (Lipinski definition) is 1. The predicted molar refractivity (Wildman–Crippen MR) is 76.7 cm³/mol. The lowest BCUT2D eigenvalue weighted by atomic mass is 9.99. The van der Waals surface area contributed by atoms with Crippen molar-refractivity contribution in [3.8, 4) is 0 Å². The zero-order chi connectivity index (χ0) is 13.5. The molecule has 0 radical (unpaired) electrons. The fraction of sp³-hybridized carbons (Fsp3) is 0.533. The summed E-state index contributed by atoms with van der Waals surface area (Å²) >= 11 is 5.87. The number of amides is 1. The maximum Gasteiger partial charge on any atom is 0.223 e. The molecule has 0 fully saturated rings. The van der Waals surface area contributed by atoms with E-state index >= 15 is 0 Å². The van der Waals surface area contributed by atoms with Gasteiger partial charge in [0.15, 0.2) is 0 Å². The number of halogens is 1. The van der Waals surface area contributed by atoms with Gasteiger partial charge in [-0.3, -0.25) is 4.79 Å². The Hall–Kier alpha value is -1.02. The molecule has 2 nitrogen and oxygen atoms in total. The smallest absolute Gasteiger partial charge is 0.223 e. The van der Waals surface area contributed by atoms with Gasteiger partial charge in [-0.25, -0.2) is 0 Å². The van der Waals surface area contributed by atoms with Gasteiger partial charge in [0.1, 0.15) is 0 Å². The second kappa shape index (κ2) is 7.42. The van der Waals surface area contributed by atoms with E-state index in [9.17, 15) is 4.79 Å². The van der Waals surface area contributed by atoms with Crippen molar-refractivity contribution in [3.63, 3.8) is 0 Å². The minimum atomic E-state index is 0.0790. The molecule has 1 N–H and O–H groups in total. The molecule has 0 bridgehead atoms. The molecule has 1 unspecified atom stereocenters. The number of carbonyl (C=O) groups is 1. The molecule has 0 saturated heterocycles. The lowest BCUT2D eigenvalue weighted by Crippen LogP contribution is -2.33. The van der Waals surface area contributed by atoms with Gasteiger partial charge in [0.2, 0.25) is 5.91 Å². The van der Waals surface area contributed by atoms with Crippen molar-refractivity contribution < 1.29 is 4.79 Å². The third-order valence-electron chi connectivity index (χ3n) is 3.35. The van der Waals surface area contributed by atoms with Gasteiger partial charge >= 0.3 is 0 Å². The molecular weight excluding hydrogens is 246 g/mol. The van der Waals surface area contributed by atoms with Crippen LogP contribution in [0.15, 0.2) is 24.3 Å². The molecule has 0 aliphatic carbocycles. The second-order valence-corrected chi connectivity index (χ2v) is 4.97. The van der Waals surface area contributed by atoms with Crippen LogP contribution in [0.2, 0.25) is 5.02 Å². The van der Waals surface area contributed by atoms with Crippen LogP contribution in [0.4, 0.5) is 0 Å². The van der Waals surface area contributed by atoms with Gasteiger partial charge < -0.3 is 5.32 Å². The molecule has 0 heterocycles. The van der Waals surface area contributed by atoms with Crippen molar-refractivity contribution in [2.45, 2.75) is 46.1 Å². The first-order valence-electron chi connectivity index (χ1n) is 6.68. The van der Waals surface area contributed by atoms with Crippen molar-refractivity contribution in [3.05, 3.63) is 34.9 Å². The largest absolute Gasteiger partial charge is 0.349 e. The summed E-state index contributed by atoms with van der Waals surface area (Å²) < 4.78 is 0. The Balaban J connectivity index is 2.73. The average molecular weight is 268 g/mol. The van der Waals surface area contributed by atoms with Crippen LogP contribution in [-0.2, 0) is 4.79 Å². The van der Waals surface area contributed by atoms with Crippen LogP contribution in [0.3, 0.4) is 0 Å². The summed E-state index contributed by atoms with van der Waals surface area (Å²) in [7, 11) is 0. The molecule has 1 rings (SSSR count). The van der Waals surface area contributed by atoms with Crippen LogP contribution in [0, 0.1) is 5.92 Å². The molecular formula is C15H22ClNO. The third kappa shape index (κ3) is 4.02. The van der Waals surface area contributed by atoms with Crippen LogP contribution >= 0.6 is 11.6 Å². The van der Waals surface area contributed by atoms with E-state index in [1.54, 1.807) is 0 Å². The Morgan fingerprint density at radius 2 is 1.67 bits per heavy atom. The van der Waals surface area contributed by atoms with Gasteiger partial charge in [-0.15, -0.1) is 0 Å². The van der Waals surface area contributed by atoms with Gasteiger partial charge in [0.05, 0.1) is 6.04 Å². The van der Waals surface area contributed by atoms with Crippen molar-refractivity contribution in [2.24, 2.45) is 5.92 Å². The number of nitrogens with one attached hydrogen (secondary N) is 1. The number of rotatable bonds is 6. The zero-order valence-electron chi connectivity index (χ0n) is 11.4. The molecule has 0 aliphatic heterocycles. The van der Waals surface area contributed by atoms with Crippen molar-refractivity contribution >= 4 is 17.5 Å². The standard InChI is InChI=1S/C15H22ClNO/c1-4-11(5-2)15(18)17-14(6-3)12-7-9-13(16)10-8-12/h7-11,14H,4-6H2,1-3H3,(H,17,18). The molecule has 1 amide bonds. The summed E-state index contributed by atoms with van der Waals surface area (Å²) in [6.07, 6.45) is 2.66. The summed E-state index contributed by atoms with van der Waals surface area (Å²) in [6, 6.07) is 7.76. The average Bonchev–Trinajstić information content (AvgIpc) is 2.38. The van der Waals surface area contributed by atoms with E-state index in [-0.39, 0.29) is 17.9 Å². The fourth-order valence-corrected chi connectivity index (χ4v) is 2.19.